The Hall–Kier alpha value is -0.890. The molecule has 1 aromatic heterocycles. The molecule has 2 heterocycles. The number of aromatic nitrogens is 1. The van der Waals surface area contributed by atoms with Crippen LogP contribution in [0.15, 0.2) is 18.3 Å². The molecule has 0 atom stereocenters. The number of piperazine rings is 1. The summed E-state index contributed by atoms with van der Waals surface area (Å²) in [6.45, 7) is 2.25. The molecule has 0 spiro atoms. The maximum atomic E-state index is 12.0. The van der Waals surface area contributed by atoms with Gasteiger partial charge in [-0.1, -0.05) is 11.6 Å². The van der Waals surface area contributed by atoms with Crippen LogP contribution in [0.3, 0.4) is 0 Å². The highest BCUT2D eigenvalue weighted by molar-refractivity contribution is 7.90. The Kier molecular flexibility index (Phi) is 3.82. The first kappa shape index (κ1) is 12.6. The molecular weight excluding hydrogens is 264 g/mol. The Balaban J connectivity index is 2.08. The molecular formula is C9H13ClN4O2S. The summed E-state index contributed by atoms with van der Waals surface area (Å²) in [4.78, 5) is 3.89. The third kappa shape index (κ3) is 3.29. The molecule has 1 aliphatic rings. The largest absolute Gasteiger partial charge is 0.314 e. The van der Waals surface area contributed by atoms with Gasteiger partial charge >= 0.3 is 10.2 Å². The molecule has 2 rings (SSSR count). The first-order chi connectivity index (χ1) is 8.08. The fraction of sp³-hybridized carbons (Fsp3) is 0.444. The van der Waals surface area contributed by atoms with Crippen molar-refractivity contribution < 1.29 is 8.42 Å². The van der Waals surface area contributed by atoms with Crippen LogP contribution in [-0.2, 0) is 10.2 Å². The normalized spacial score (nSPS) is 17.9. The Bertz CT molecular complexity index is 470. The molecule has 0 bridgehead atoms. The second-order valence-electron chi connectivity index (χ2n) is 3.62. The minimum absolute atomic E-state index is 0.271. The Morgan fingerprint density at radius 1 is 1.35 bits per heavy atom. The Morgan fingerprint density at radius 2 is 2.06 bits per heavy atom. The average molecular weight is 277 g/mol. The molecule has 94 valence electrons. The molecule has 0 unspecified atom stereocenters. The Morgan fingerprint density at radius 3 is 2.65 bits per heavy atom. The summed E-state index contributed by atoms with van der Waals surface area (Å²) < 4.78 is 27.7. The van der Waals surface area contributed by atoms with E-state index in [1.807, 2.05) is 0 Å². The van der Waals surface area contributed by atoms with Crippen molar-refractivity contribution in [1.82, 2.24) is 14.6 Å². The van der Waals surface area contributed by atoms with Crippen molar-refractivity contribution in [3.63, 3.8) is 0 Å². The summed E-state index contributed by atoms with van der Waals surface area (Å²) in [7, 11) is -3.51. The van der Waals surface area contributed by atoms with Gasteiger partial charge in [-0.15, -0.1) is 0 Å². The third-order valence-electron chi connectivity index (χ3n) is 2.38. The lowest BCUT2D eigenvalue weighted by Crippen LogP contribution is -2.48. The minimum atomic E-state index is -3.51. The number of nitrogens with one attached hydrogen (secondary N) is 2. The average Bonchev–Trinajstić information content (AvgIpc) is 2.33. The van der Waals surface area contributed by atoms with Crippen LogP contribution in [0, 0.1) is 0 Å². The van der Waals surface area contributed by atoms with Crippen LogP contribution >= 0.6 is 11.6 Å². The van der Waals surface area contributed by atoms with Crippen LogP contribution in [0.1, 0.15) is 0 Å². The number of nitrogens with zero attached hydrogens (tertiary/aromatic N) is 2. The first-order valence-corrected chi connectivity index (χ1v) is 7.00. The van der Waals surface area contributed by atoms with Gasteiger partial charge in [0.1, 0.15) is 5.82 Å². The lowest BCUT2D eigenvalue weighted by atomic mass is 10.4. The number of rotatable bonds is 3. The lowest BCUT2D eigenvalue weighted by molar-refractivity contribution is 0.362. The van der Waals surface area contributed by atoms with Crippen molar-refractivity contribution in [2.75, 3.05) is 30.9 Å². The minimum Gasteiger partial charge on any atom is -0.314 e. The summed E-state index contributed by atoms with van der Waals surface area (Å²) >= 11 is 5.67. The summed E-state index contributed by atoms with van der Waals surface area (Å²) in [6, 6.07) is 3.12. The van der Waals surface area contributed by atoms with Crippen molar-refractivity contribution in [3.8, 4) is 0 Å². The van der Waals surface area contributed by atoms with E-state index in [1.54, 1.807) is 6.07 Å². The van der Waals surface area contributed by atoms with E-state index in [4.69, 9.17) is 11.6 Å². The number of hydrogen-bond donors (Lipinski definition) is 2. The summed E-state index contributed by atoms with van der Waals surface area (Å²) in [5.41, 5.74) is 0. The summed E-state index contributed by atoms with van der Waals surface area (Å²) in [6.07, 6.45) is 1.40. The predicted octanol–water partition coefficient (Wildman–Crippen LogP) is 0.297. The van der Waals surface area contributed by atoms with E-state index >= 15 is 0 Å². The van der Waals surface area contributed by atoms with Crippen molar-refractivity contribution in [2.24, 2.45) is 0 Å². The maximum Gasteiger partial charge on any atom is 0.302 e. The molecule has 6 nitrogen and oxygen atoms in total. The van der Waals surface area contributed by atoms with E-state index in [-0.39, 0.29) is 5.82 Å². The van der Waals surface area contributed by atoms with Gasteiger partial charge in [-0.05, 0) is 12.1 Å². The molecule has 0 radical (unpaired) electrons. The summed E-state index contributed by atoms with van der Waals surface area (Å²) in [5, 5.41) is 3.56. The SMILES string of the molecule is O=S(=O)(Nc1ccc(Cl)cn1)N1CCNCC1. The first-order valence-electron chi connectivity index (χ1n) is 5.18. The van der Waals surface area contributed by atoms with Gasteiger partial charge in [-0.3, -0.25) is 4.72 Å². The van der Waals surface area contributed by atoms with Gasteiger partial charge in [0.25, 0.3) is 0 Å². The monoisotopic (exact) mass is 276 g/mol. The highest BCUT2D eigenvalue weighted by Gasteiger charge is 2.23. The third-order valence-corrected chi connectivity index (χ3v) is 4.11. The van der Waals surface area contributed by atoms with Crippen molar-refractivity contribution in [2.45, 2.75) is 0 Å². The van der Waals surface area contributed by atoms with E-state index in [2.05, 4.69) is 15.0 Å². The number of halogens is 1. The van der Waals surface area contributed by atoms with Gasteiger partial charge in [0.2, 0.25) is 0 Å². The lowest BCUT2D eigenvalue weighted by Gasteiger charge is -2.26. The molecule has 0 aliphatic carbocycles. The smallest absolute Gasteiger partial charge is 0.302 e. The van der Waals surface area contributed by atoms with E-state index < -0.39 is 10.2 Å². The maximum absolute atomic E-state index is 12.0. The number of hydrogen-bond acceptors (Lipinski definition) is 4. The number of pyridine rings is 1. The zero-order valence-corrected chi connectivity index (χ0v) is 10.6. The molecule has 0 aromatic carbocycles. The van der Waals surface area contributed by atoms with Crippen LogP contribution in [0.5, 0.6) is 0 Å². The van der Waals surface area contributed by atoms with Crippen molar-refractivity contribution >= 4 is 27.6 Å². The molecule has 1 saturated heterocycles. The zero-order valence-electron chi connectivity index (χ0n) is 9.06. The van der Waals surface area contributed by atoms with Gasteiger partial charge in [-0.2, -0.15) is 12.7 Å². The molecule has 1 aliphatic heterocycles. The number of anilines is 1. The van der Waals surface area contributed by atoms with Gasteiger partial charge in [-0.25, -0.2) is 4.98 Å². The molecule has 0 amide bonds. The molecule has 1 aromatic rings. The molecule has 8 heteroatoms. The van der Waals surface area contributed by atoms with Gasteiger partial charge in [0.05, 0.1) is 5.02 Å². The predicted molar refractivity (Wildman–Crippen MR) is 66.2 cm³/mol. The van der Waals surface area contributed by atoms with Gasteiger partial charge < -0.3 is 5.32 Å². The molecule has 1 fully saturated rings. The van der Waals surface area contributed by atoms with E-state index in [0.29, 0.717) is 31.2 Å². The summed E-state index contributed by atoms with van der Waals surface area (Å²) in [5.74, 6) is 0.271. The Labute approximate surface area is 105 Å². The van der Waals surface area contributed by atoms with Crippen molar-refractivity contribution in [1.29, 1.82) is 0 Å². The highest BCUT2D eigenvalue weighted by atomic mass is 35.5. The second-order valence-corrected chi connectivity index (χ2v) is 5.72. The van der Waals surface area contributed by atoms with Crippen LogP contribution in [0.2, 0.25) is 5.02 Å². The van der Waals surface area contributed by atoms with Crippen LogP contribution in [-0.4, -0.2) is 43.9 Å². The van der Waals surface area contributed by atoms with Crippen LogP contribution in [0.4, 0.5) is 5.82 Å². The van der Waals surface area contributed by atoms with Crippen LogP contribution < -0.4 is 10.0 Å². The topological polar surface area (TPSA) is 74.3 Å². The van der Waals surface area contributed by atoms with Gasteiger partial charge in [0, 0.05) is 32.4 Å². The van der Waals surface area contributed by atoms with E-state index in [9.17, 15) is 8.42 Å². The van der Waals surface area contributed by atoms with Crippen molar-refractivity contribution in [3.05, 3.63) is 23.4 Å². The van der Waals surface area contributed by atoms with Crippen LogP contribution in [0.25, 0.3) is 0 Å². The fourth-order valence-corrected chi connectivity index (χ4v) is 2.81. The quantitative estimate of drug-likeness (QED) is 0.833. The van der Waals surface area contributed by atoms with E-state index in [1.165, 1.54) is 16.6 Å². The van der Waals surface area contributed by atoms with E-state index in [0.717, 1.165) is 0 Å². The highest BCUT2D eigenvalue weighted by Crippen LogP contribution is 2.12. The second kappa shape index (κ2) is 5.18. The molecule has 0 saturated carbocycles. The fourth-order valence-electron chi connectivity index (χ4n) is 1.52. The van der Waals surface area contributed by atoms with Gasteiger partial charge in [0.15, 0.2) is 0 Å². The zero-order chi connectivity index (χ0) is 12.3. The standard InChI is InChI=1S/C9H13ClN4O2S/c10-8-1-2-9(12-7-8)13-17(15,16)14-5-3-11-4-6-14/h1-2,7,11H,3-6H2,(H,12,13). The molecule has 17 heavy (non-hydrogen) atoms. The molecule has 2 N–H and O–H groups in total.